The van der Waals surface area contributed by atoms with E-state index in [2.05, 4.69) is 29.2 Å². The fourth-order valence-electron chi connectivity index (χ4n) is 2.15. The lowest BCUT2D eigenvalue weighted by molar-refractivity contribution is -0.144. The molecule has 4 nitrogen and oxygen atoms in total. The van der Waals surface area contributed by atoms with Crippen LogP contribution in [0.3, 0.4) is 0 Å². The maximum Gasteiger partial charge on any atom is 0.344 e. The monoisotopic (exact) mass is 299 g/mol. The van der Waals surface area contributed by atoms with Gasteiger partial charge >= 0.3 is 5.97 Å². The number of hydrogen-bond acceptors (Lipinski definition) is 3. The van der Waals surface area contributed by atoms with E-state index in [1.165, 1.54) is 12.5 Å². The highest BCUT2D eigenvalue weighted by Crippen LogP contribution is 2.23. The van der Waals surface area contributed by atoms with Crippen molar-refractivity contribution in [3.8, 4) is 16.9 Å². The number of carbonyl (C=O) groups is 1. The summed E-state index contributed by atoms with van der Waals surface area (Å²) >= 11 is 0. The lowest BCUT2D eigenvalue weighted by atomic mass is 10.0. The van der Waals surface area contributed by atoms with Crippen LogP contribution in [0.25, 0.3) is 11.1 Å². The fraction of sp³-hybridized carbons (Fsp3) is 0.278. The van der Waals surface area contributed by atoms with Gasteiger partial charge in [0.2, 0.25) is 0 Å². The van der Waals surface area contributed by atoms with Gasteiger partial charge in [-0.05, 0) is 49.8 Å². The van der Waals surface area contributed by atoms with Gasteiger partial charge in [-0.15, -0.1) is 0 Å². The van der Waals surface area contributed by atoms with Crippen molar-refractivity contribution < 1.29 is 14.6 Å². The Bertz CT molecular complexity index is 618. The molecule has 4 heteroatoms. The van der Waals surface area contributed by atoms with Gasteiger partial charge in [0.25, 0.3) is 0 Å². The minimum Gasteiger partial charge on any atom is -0.479 e. The van der Waals surface area contributed by atoms with Gasteiger partial charge in [0.05, 0.1) is 0 Å². The molecule has 1 N–H and O–H groups in total. The molecular weight excluding hydrogens is 278 g/mol. The van der Waals surface area contributed by atoms with E-state index in [0.717, 1.165) is 17.7 Å². The van der Waals surface area contributed by atoms with Gasteiger partial charge in [0.15, 0.2) is 6.10 Å². The van der Waals surface area contributed by atoms with Crippen LogP contribution in [0.4, 0.5) is 0 Å². The standard InChI is InChI=1S/C18H21NO3/c1-13(18(20)21)22-17-10-8-16(9-11-17)15-6-4-14(5-7-15)12-19(2)3/h4-11,13H,12H2,1-3H3,(H,20,21). The topological polar surface area (TPSA) is 49.8 Å². The maximum absolute atomic E-state index is 10.8. The fourth-order valence-corrected chi connectivity index (χ4v) is 2.15. The molecule has 0 aliphatic carbocycles. The number of rotatable bonds is 6. The lowest BCUT2D eigenvalue weighted by Gasteiger charge is -2.12. The highest BCUT2D eigenvalue weighted by atomic mass is 16.5. The Morgan fingerprint density at radius 2 is 1.55 bits per heavy atom. The molecule has 0 radical (unpaired) electrons. The van der Waals surface area contributed by atoms with Crippen molar-refractivity contribution >= 4 is 5.97 Å². The Morgan fingerprint density at radius 3 is 2.00 bits per heavy atom. The molecule has 2 aromatic carbocycles. The Balaban J connectivity index is 2.08. The first-order chi connectivity index (χ1) is 10.5. The van der Waals surface area contributed by atoms with Crippen molar-refractivity contribution in [3.05, 3.63) is 54.1 Å². The molecule has 22 heavy (non-hydrogen) atoms. The van der Waals surface area contributed by atoms with Crippen LogP contribution in [-0.2, 0) is 11.3 Å². The van der Waals surface area contributed by atoms with E-state index in [4.69, 9.17) is 9.84 Å². The number of aliphatic carboxylic acids is 1. The minimum absolute atomic E-state index is 0.558. The van der Waals surface area contributed by atoms with Crippen molar-refractivity contribution in [2.45, 2.75) is 19.6 Å². The largest absolute Gasteiger partial charge is 0.479 e. The molecule has 0 aliphatic heterocycles. The first-order valence-electron chi connectivity index (χ1n) is 7.19. The summed E-state index contributed by atoms with van der Waals surface area (Å²) in [6.45, 7) is 2.43. The van der Waals surface area contributed by atoms with E-state index in [9.17, 15) is 4.79 Å². The van der Waals surface area contributed by atoms with Crippen LogP contribution in [0.1, 0.15) is 12.5 Å². The average Bonchev–Trinajstić information content (AvgIpc) is 2.48. The summed E-state index contributed by atoms with van der Waals surface area (Å²) in [5.74, 6) is -0.413. The van der Waals surface area contributed by atoms with Crippen LogP contribution in [0.5, 0.6) is 5.75 Å². The molecule has 0 bridgehead atoms. The highest BCUT2D eigenvalue weighted by Gasteiger charge is 2.12. The van der Waals surface area contributed by atoms with Gasteiger partial charge in [-0.3, -0.25) is 0 Å². The number of nitrogens with zero attached hydrogens (tertiary/aromatic N) is 1. The second-order valence-corrected chi connectivity index (χ2v) is 5.56. The summed E-state index contributed by atoms with van der Waals surface area (Å²) in [5.41, 5.74) is 3.47. The molecule has 0 amide bonds. The summed E-state index contributed by atoms with van der Waals surface area (Å²) in [6, 6.07) is 15.9. The molecule has 2 aromatic rings. The van der Waals surface area contributed by atoms with Crippen LogP contribution in [0, 0.1) is 0 Å². The quantitative estimate of drug-likeness (QED) is 0.889. The molecule has 0 aliphatic rings. The van der Waals surface area contributed by atoms with Crippen LogP contribution >= 0.6 is 0 Å². The normalized spacial score (nSPS) is 12.2. The number of hydrogen-bond donors (Lipinski definition) is 1. The van der Waals surface area contributed by atoms with Crippen LogP contribution in [-0.4, -0.2) is 36.2 Å². The van der Waals surface area contributed by atoms with Crippen molar-refractivity contribution in [2.75, 3.05) is 14.1 Å². The molecule has 116 valence electrons. The zero-order chi connectivity index (χ0) is 16.1. The molecule has 2 rings (SSSR count). The molecule has 0 aromatic heterocycles. The van der Waals surface area contributed by atoms with Crippen molar-refractivity contribution in [1.29, 1.82) is 0 Å². The third-order valence-electron chi connectivity index (χ3n) is 3.30. The Morgan fingerprint density at radius 1 is 1.05 bits per heavy atom. The van der Waals surface area contributed by atoms with E-state index in [0.29, 0.717) is 5.75 Å². The van der Waals surface area contributed by atoms with Gasteiger partial charge in [0, 0.05) is 6.54 Å². The van der Waals surface area contributed by atoms with Crippen LogP contribution in [0.2, 0.25) is 0 Å². The number of ether oxygens (including phenoxy) is 1. The summed E-state index contributed by atoms with van der Waals surface area (Å²) < 4.78 is 5.32. The lowest BCUT2D eigenvalue weighted by Crippen LogP contribution is -2.22. The zero-order valence-corrected chi connectivity index (χ0v) is 13.1. The van der Waals surface area contributed by atoms with Crippen LogP contribution < -0.4 is 4.74 Å². The second kappa shape index (κ2) is 7.09. The molecule has 0 saturated carbocycles. The van der Waals surface area contributed by atoms with Crippen molar-refractivity contribution in [2.24, 2.45) is 0 Å². The second-order valence-electron chi connectivity index (χ2n) is 5.56. The molecule has 0 spiro atoms. The van der Waals surface area contributed by atoms with E-state index in [-0.39, 0.29) is 0 Å². The van der Waals surface area contributed by atoms with E-state index in [1.54, 1.807) is 12.1 Å². The summed E-state index contributed by atoms with van der Waals surface area (Å²) in [5, 5.41) is 8.84. The third-order valence-corrected chi connectivity index (χ3v) is 3.30. The smallest absolute Gasteiger partial charge is 0.344 e. The van der Waals surface area contributed by atoms with Gasteiger partial charge < -0.3 is 14.7 Å². The number of benzene rings is 2. The first kappa shape index (κ1) is 16.0. The first-order valence-corrected chi connectivity index (χ1v) is 7.19. The average molecular weight is 299 g/mol. The SMILES string of the molecule is CC(Oc1ccc(-c2ccc(CN(C)C)cc2)cc1)C(=O)O. The molecule has 1 unspecified atom stereocenters. The zero-order valence-electron chi connectivity index (χ0n) is 13.1. The molecule has 1 atom stereocenters. The maximum atomic E-state index is 10.8. The Labute approximate surface area is 131 Å². The number of carboxylic acids is 1. The predicted octanol–water partition coefficient (Wildman–Crippen LogP) is 3.27. The number of carboxylic acid groups (broad SMARTS) is 1. The molecule has 0 fully saturated rings. The summed E-state index contributed by atoms with van der Waals surface area (Å²) in [4.78, 5) is 12.9. The van der Waals surface area contributed by atoms with Gasteiger partial charge in [-0.1, -0.05) is 36.4 Å². The van der Waals surface area contributed by atoms with E-state index >= 15 is 0 Å². The molecular formula is C18H21NO3. The van der Waals surface area contributed by atoms with E-state index in [1.807, 2.05) is 26.2 Å². The van der Waals surface area contributed by atoms with Gasteiger partial charge in [-0.2, -0.15) is 0 Å². The minimum atomic E-state index is -0.972. The van der Waals surface area contributed by atoms with Gasteiger partial charge in [0.1, 0.15) is 5.75 Å². The van der Waals surface area contributed by atoms with Crippen molar-refractivity contribution in [3.63, 3.8) is 0 Å². The summed E-state index contributed by atoms with van der Waals surface area (Å²) in [7, 11) is 4.09. The predicted molar refractivity (Wildman–Crippen MR) is 87.0 cm³/mol. The highest BCUT2D eigenvalue weighted by molar-refractivity contribution is 5.72. The molecule has 0 heterocycles. The third kappa shape index (κ3) is 4.33. The van der Waals surface area contributed by atoms with Gasteiger partial charge in [-0.25, -0.2) is 4.79 Å². The Kier molecular flexibility index (Phi) is 5.17. The summed E-state index contributed by atoms with van der Waals surface area (Å²) in [6.07, 6.45) is -0.851. The van der Waals surface area contributed by atoms with Crippen molar-refractivity contribution in [1.82, 2.24) is 4.90 Å². The molecule has 0 saturated heterocycles. The Hall–Kier alpha value is -2.33. The van der Waals surface area contributed by atoms with Crippen LogP contribution in [0.15, 0.2) is 48.5 Å². The van der Waals surface area contributed by atoms with E-state index < -0.39 is 12.1 Å².